The van der Waals surface area contributed by atoms with E-state index in [-0.39, 0.29) is 25.2 Å². The van der Waals surface area contributed by atoms with Gasteiger partial charge in [-0.3, -0.25) is 15.0 Å². The van der Waals surface area contributed by atoms with Crippen LogP contribution < -0.4 is 10.6 Å². The predicted octanol–water partition coefficient (Wildman–Crippen LogP) is -1.31. The summed E-state index contributed by atoms with van der Waals surface area (Å²) >= 11 is 0. The van der Waals surface area contributed by atoms with E-state index in [1.165, 1.54) is 6.08 Å². The van der Waals surface area contributed by atoms with Crippen LogP contribution in [0.2, 0.25) is 0 Å². The van der Waals surface area contributed by atoms with Crippen molar-refractivity contribution in [2.45, 2.75) is 6.10 Å². The van der Waals surface area contributed by atoms with E-state index in [9.17, 15) is 9.59 Å². The van der Waals surface area contributed by atoms with Gasteiger partial charge in [0.05, 0.1) is 25.9 Å². The predicted molar refractivity (Wildman–Crippen MR) is 65.0 cm³/mol. The molecule has 0 spiro atoms. The number of urea groups is 1. The van der Waals surface area contributed by atoms with Crippen LogP contribution in [0.3, 0.4) is 0 Å². The molecule has 102 valence electrons. The molecule has 0 aromatic heterocycles. The normalized spacial score (nSPS) is 20.2. The molecule has 0 saturated carbocycles. The van der Waals surface area contributed by atoms with E-state index in [1.54, 1.807) is 0 Å². The lowest BCUT2D eigenvalue weighted by molar-refractivity contribution is -0.123. The van der Waals surface area contributed by atoms with Crippen LogP contribution in [0.1, 0.15) is 0 Å². The highest BCUT2D eigenvalue weighted by molar-refractivity contribution is 5.95. The summed E-state index contributed by atoms with van der Waals surface area (Å²) in [5.74, 6) is -0.379. The minimum absolute atomic E-state index is 0.0715. The molecule has 0 aromatic rings. The van der Waals surface area contributed by atoms with E-state index >= 15 is 0 Å². The van der Waals surface area contributed by atoms with Crippen molar-refractivity contribution in [1.29, 1.82) is 0 Å². The minimum atomic E-state index is -0.535. The maximum absolute atomic E-state index is 11.5. The third-order valence-corrected chi connectivity index (χ3v) is 2.45. The standard InChI is InChI=1S/C11H19N3O4/c1-2-3-12-11(17)13-10(16)7-14-4-5-18-9(6-14)8-15/h2,9,15H,1,3-8H2,(H2,12,13,16,17). The molecular formula is C11H19N3O4. The molecule has 0 aliphatic carbocycles. The molecule has 18 heavy (non-hydrogen) atoms. The number of aliphatic hydroxyl groups is 1. The molecular weight excluding hydrogens is 238 g/mol. The zero-order valence-corrected chi connectivity index (χ0v) is 10.2. The van der Waals surface area contributed by atoms with Crippen molar-refractivity contribution in [3.63, 3.8) is 0 Å². The summed E-state index contributed by atoms with van der Waals surface area (Å²) in [5, 5.41) is 13.6. The van der Waals surface area contributed by atoms with Crippen molar-refractivity contribution in [2.75, 3.05) is 39.4 Å². The second kappa shape index (κ2) is 7.80. The Morgan fingerprint density at radius 2 is 2.33 bits per heavy atom. The zero-order valence-electron chi connectivity index (χ0n) is 10.2. The van der Waals surface area contributed by atoms with Gasteiger partial charge in [-0.2, -0.15) is 0 Å². The van der Waals surface area contributed by atoms with Gasteiger partial charge in [0.2, 0.25) is 5.91 Å². The number of nitrogens with one attached hydrogen (secondary N) is 2. The monoisotopic (exact) mass is 257 g/mol. The van der Waals surface area contributed by atoms with Crippen LogP contribution in [0, 0.1) is 0 Å². The topological polar surface area (TPSA) is 90.9 Å². The summed E-state index contributed by atoms with van der Waals surface area (Å²) in [6.45, 7) is 5.37. The molecule has 1 atom stereocenters. The Kier molecular flexibility index (Phi) is 6.34. The van der Waals surface area contributed by atoms with Crippen molar-refractivity contribution in [3.05, 3.63) is 12.7 Å². The number of carbonyl (C=O) groups is 2. The summed E-state index contributed by atoms with van der Waals surface area (Å²) in [6, 6.07) is -0.535. The number of hydrogen-bond acceptors (Lipinski definition) is 5. The Labute approximate surface area is 106 Å². The van der Waals surface area contributed by atoms with Gasteiger partial charge < -0.3 is 15.2 Å². The van der Waals surface area contributed by atoms with Crippen molar-refractivity contribution < 1.29 is 19.4 Å². The highest BCUT2D eigenvalue weighted by Gasteiger charge is 2.21. The molecule has 1 saturated heterocycles. The molecule has 0 bridgehead atoms. The second-order valence-electron chi connectivity index (χ2n) is 3.96. The fraction of sp³-hybridized carbons (Fsp3) is 0.636. The van der Waals surface area contributed by atoms with E-state index in [0.717, 1.165) is 0 Å². The molecule has 0 aromatic carbocycles. The number of carbonyl (C=O) groups excluding carboxylic acids is 2. The first-order valence-corrected chi connectivity index (χ1v) is 5.79. The molecule has 0 radical (unpaired) electrons. The highest BCUT2D eigenvalue weighted by atomic mass is 16.5. The number of rotatable bonds is 5. The Morgan fingerprint density at radius 3 is 3.00 bits per heavy atom. The van der Waals surface area contributed by atoms with Crippen LogP contribution in [-0.4, -0.2) is 67.4 Å². The third kappa shape index (κ3) is 5.26. The summed E-state index contributed by atoms with van der Waals surface area (Å²) in [6.07, 6.45) is 1.26. The fourth-order valence-electron chi connectivity index (χ4n) is 1.61. The first kappa shape index (κ1) is 14.6. The van der Waals surface area contributed by atoms with E-state index in [4.69, 9.17) is 9.84 Å². The molecule has 1 unspecified atom stereocenters. The quantitative estimate of drug-likeness (QED) is 0.532. The number of ether oxygens (including phenoxy) is 1. The van der Waals surface area contributed by atoms with Crippen LogP contribution in [0.15, 0.2) is 12.7 Å². The van der Waals surface area contributed by atoms with Crippen molar-refractivity contribution >= 4 is 11.9 Å². The van der Waals surface area contributed by atoms with Crippen molar-refractivity contribution in [2.24, 2.45) is 0 Å². The molecule has 7 nitrogen and oxygen atoms in total. The van der Waals surface area contributed by atoms with Gasteiger partial charge in [0.25, 0.3) is 0 Å². The lowest BCUT2D eigenvalue weighted by Crippen LogP contribution is -2.50. The lowest BCUT2D eigenvalue weighted by Gasteiger charge is -2.31. The van der Waals surface area contributed by atoms with Crippen molar-refractivity contribution in [1.82, 2.24) is 15.5 Å². The first-order valence-electron chi connectivity index (χ1n) is 5.79. The van der Waals surface area contributed by atoms with Crippen LogP contribution in [-0.2, 0) is 9.53 Å². The van der Waals surface area contributed by atoms with Crippen molar-refractivity contribution in [3.8, 4) is 0 Å². The molecule has 1 heterocycles. The smallest absolute Gasteiger partial charge is 0.321 e. The van der Waals surface area contributed by atoms with Gasteiger partial charge in [0, 0.05) is 19.6 Å². The Hall–Kier alpha value is -1.44. The number of amides is 3. The van der Waals surface area contributed by atoms with Gasteiger partial charge in [-0.1, -0.05) is 6.08 Å². The maximum Gasteiger partial charge on any atom is 0.321 e. The molecule has 1 aliphatic heterocycles. The van der Waals surface area contributed by atoms with Gasteiger partial charge >= 0.3 is 6.03 Å². The average Bonchev–Trinajstić information content (AvgIpc) is 2.36. The number of imide groups is 1. The van der Waals surface area contributed by atoms with Gasteiger partial charge in [-0.15, -0.1) is 6.58 Å². The minimum Gasteiger partial charge on any atom is -0.394 e. The van der Waals surface area contributed by atoms with Gasteiger partial charge in [0.15, 0.2) is 0 Å². The Morgan fingerprint density at radius 1 is 1.56 bits per heavy atom. The molecule has 1 rings (SSSR count). The van der Waals surface area contributed by atoms with Crippen LogP contribution in [0.25, 0.3) is 0 Å². The molecule has 7 heteroatoms. The third-order valence-electron chi connectivity index (χ3n) is 2.45. The van der Waals surface area contributed by atoms with Crippen LogP contribution in [0.4, 0.5) is 4.79 Å². The van der Waals surface area contributed by atoms with E-state index < -0.39 is 6.03 Å². The number of morpholine rings is 1. The maximum atomic E-state index is 11.5. The molecule has 3 amide bonds. The summed E-state index contributed by atoms with van der Waals surface area (Å²) in [7, 11) is 0. The Bertz CT molecular complexity index is 309. The SMILES string of the molecule is C=CCNC(=O)NC(=O)CN1CCOC(CO)C1. The van der Waals surface area contributed by atoms with Gasteiger partial charge in [0.1, 0.15) is 0 Å². The number of aliphatic hydroxyl groups excluding tert-OH is 1. The first-order chi connectivity index (χ1) is 8.65. The van der Waals surface area contributed by atoms with Crippen LogP contribution in [0.5, 0.6) is 0 Å². The number of hydrogen-bond donors (Lipinski definition) is 3. The van der Waals surface area contributed by atoms with Gasteiger partial charge in [-0.05, 0) is 0 Å². The molecule has 1 aliphatic rings. The van der Waals surface area contributed by atoms with E-state index in [2.05, 4.69) is 17.2 Å². The summed E-state index contributed by atoms with van der Waals surface area (Å²) in [5.41, 5.74) is 0. The van der Waals surface area contributed by atoms with Gasteiger partial charge in [-0.25, -0.2) is 4.79 Å². The molecule has 1 fully saturated rings. The largest absolute Gasteiger partial charge is 0.394 e. The lowest BCUT2D eigenvalue weighted by atomic mass is 10.3. The zero-order chi connectivity index (χ0) is 13.4. The van der Waals surface area contributed by atoms with Crippen LogP contribution >= 0.6 is 0 Å². The summed E-state index contributed by atoms with van der Waals surface area (Å²) < 4.78 is 5.26. The van der Waals surface area contributed by atoms with E-state index in [1.807, 2.05) is 4.90 Å². The molecule has 3 N–H and O–H groups in total. The van der Waals surface area contributed by atoms with E-state index in [0.29, 0.717) is 26.2 Å². The second-order valence-corrected chi connectivity index (χ2v) is 3.96. The average molecular weight is 257 g/mol. The number of nitrogens with zero attached hydrogens (tertiary/aromatic N) is 1. The fourth-order valence-corrected chi connectivity index (χ4v) is 1.61. The highest BCUT2D eigenvalue weighted by Crippen LogP contribution is 2.03. The Balaban J connectivity index is 2.26. The summed E-state index contributed by atoms with van der Waals surface area (Å²) in [4.78, 5) is 24.6.